The van der Waals surface area contributed by atoms with Crippen LogP contribution >= 0.6 is 11.6 Å². The number of carbonyl (C=O) groups is 2. The molecular weight excluding hydrogens is 298 g/mol. The van der Waals surface area contributed by atoms with E-state index in [1.165, 1.54) is 7.11 Å². The minimum atomic E-state index is -1.12. The van der Waals surface area contributed by atoms with E-state index >= 15 is 0 Å². The lowest BCUT2D eigenvalue weighted by Gasteiger charge is -2.25. The van der Waals surface area contributed by atoms with E-state index in [1.807, 2.05) is 0 Å². The molecule has 0 saturated carbocycles. The number of carboxylic acid groups (broad SMARTS) is 1. The van der Waals surface area contributed by atoms with Crippen molar-refractivity contribution in [2.45, 2.75) is 12.5 Å². The predicted octanol–water partition coefficient (Wildman–Crippen LogP) is 1.11. The summed E-state index contributed by atoms with van der Waals surface area (Å²) in [6.45, 7) is 0.175. The van der Waals surface area contributed by atoms with Gasteiger partial charge in [-0.3, -0.25) is 4.79 Å². The van der Waals surface area contributed by atoms with Crippen molar-refractivity contribution in [1.29, 1.82) is 0 Å². The smallest absolute Gasteiger partial charge is 0.334 e. The Morgan fingerprint density at radius 3 is 3.00 bits per heavy atom. The van der Waals surface area contributed by atoms with Crippen molar-refractivity contribution in [2.24, 2.45) is 5.92 Å². The van der Waals surface area contributed by atoms with Crippen molar-refractivity contribution in [3.05, 3.63) is 28.8 Å². The number of aliphatic carboxylic acids is 1. The molecule has 1 aliphatic heterocycles. The molecule has 0 aliphatic carbocycles. The summed E-state index contributed by atoms with van der Waals surface area (Å²) in [4.78, 5) is 22.9. The van der Waals surface area contributed by atoms with E-state index in [-0.39, 0.29) is 25.0 Å². The number of fused-ring (bicyclic) bond motifs is 1. The van der Waals surface area contributed by atoms with Crippen LogP contribution in [0, 0.1) is 5.92 Å². The molecule has 21 heavy (non-hydrogen) atoms. The number of nitrogens with one attached hydrogen (secondary N) is 1. The second-order valence-electron chi connectivity index (χ2n) is 4.77. The monoisotopic (exact) mass is 313 g/mol. The molecule has 0 spiro atoms. The number of hydrogen-bond donors (Lipinski definition) is 2. The highest BCUT2D eigenvalue weighted by atomic mass is 35.5. The van der Waals surface area contributed by atoms with E-state index in [2.05, 4.69) is 5.32 Å². The van der Waals surface area contributed by atoms with Crippen LogP contribution in [0.25, 0.3) is 0 Å². The Bertz CT molecular complexity index is 548. The van der Waals surface area contributed by atoms with E-state index < -0.39 is 12.1 Å². The summed E-state index contributed by atoms with van der Waals surface area (Å²) in [5, 5.41) is 12.0. The van der Waals surface area contributed by atoms with Crippen LogP contribution in [-0.2, 0) is 20.7 Å². The molecule has 2 rings (SSSR count). The van der Waals surface area contributed by atoms with Crippen LogP contribution in [-0.4, -0.2) is 43.3 Å². The van der Waals surface area contributed by atoms with Gasteiger partial charge in [0.25, 0.3) is 0 Å². The fraction of sp³-hybridized carbons (Fsp3) is 0.429. The first-order valence-electron chi connectivity index (χ1n) is 6.45. The highest BCUT2D eigenvalue weighted by Crippen LogP contribution is 2.29. The molecule has 0 fully saturated rings. The number of carbonyl (C=O) groups excluding carboxylic acids is 1. The number of amides is 1. The Morgan fingerprint density at radius 1 is 1.57 bits per heavy atom. The highest BCUT2D eigenvalue weighted by Gasteiger charge is 2.27. The lowest BCUT2D eigenvalue weighted by atomic mass is 9.96. The van der Waals surface area contributed by atoms with Gasteiger partial charge in [-0.1, -0.05) is 11.6 Å². The second-order valence-corrected chi connectivity index (χ2v) is 5.21. The van der Waals surface area contributed by atoms with Crippen molar-refractivity contribution in [3.63, 3.8) is 0 Å². The molecule has 114 valence electrons. The van der Waals surface area contributed by atoms with E-state index in [9.17, 15) is 9.59 Å². The van der Waals surface area contributed by atoms with Crippen molar-refractivity contribution >= 4 is 23.5 Å². The summed E-state index contributed by atoms with van der Waals surface area (Å²) in [5.41, 5.74) is 0.871. The Hall–Kier alpha value is -1.79. The first-order chi connectivity index (χ1) is 10.0. The molecule has 0 radical (unpaired) electrons. The van der Waals surface area contributed by atoms with Gasteiger partial charge in [0.2, 0.25) is 5.91 Å². The average Bonchev–Trinajstić information content (AvgIpc) is 2.46. The van der Waals surface area contributed by atoms with Crippen LogP contribution in [0.3, 0.4) is 0 Å². The van der Waals surface area contributed by atoms with Gasteiger partial charge >= 0.3 is 5.97 Å². The zero-order valence-corrected chi connectivity index (χ0v) is 12.2. The Balaban J connectivity index is 1.94. The van der Waals surface area contributed by atoms with Gasteiger partial charge in [-0.15, -0.1) is 0 Å². The lowest BCUT2D eigenvalue weighted by molar-refractivity contribution is -0.148. The predicted molar refractivity (Wildman–Crippen MR) is 75.6 cm³/mol. The number of methoxy groups -OCH3 is 1. The first-order valence-corrected chi connectivity index (χ1v) is 6.83. The molecule has 0 aromatic heterocycles. The Kier molecular flexibility index (Phi) is 5.03. The van der Waals surface area contributed by atoms with Gasteiger partial charge in [0.05, 0.1) is 12.5 Å². The SMILES string of the molecule is COC(CNC(=O)C1COc2ccc(Cl)cc2C1)C(=O)O. The van der Waals surface area contributed by atoms with Gasteiger partial charge in [-0.25, -0.2) is 4.79 Å². The molecular formula is C14H16ClNO5. The molecule has 6 nitrogen and oxygen atoms in total. The number of rotatable bonds is 5. The summed E-state index contributed by atoms with van der Waals surface area (Å²) in [6, 6.07) is 5.28. The maximum Gasteiger partial charge on any atom is 0.334 e. The molecule has 1 aromatic carbocycles. The lowest BCUT2D eigenvalue weighted by Crippen LogP contribution is -2.43. The molecule has 7 heteroatoms. The highest BCUT2D eigenvalue weighted by molar-refractivity contribution is 6.30. The number of benzene rings is 1. The Morgan fingerprint density at radius 2 is 2.33 bits per heavy atom. The summed E-state index contributed by atoms with van der Waals surface area (Å²) in [6.07, 6.45) is -0.549. The third-order valence-electron chi connectivity index (χ3n) is 3.32. The van der Waals surface area contributed by atoms with Gasteiger partial charge in [0.15, 0.2) is 6.10 Å². The summed E-state index contributed by atoms with van der Waals surface area (Å²) >= 11 is 5.92. The molecule has 1 heterocycles. The molecule has 1 amide bonds. The average molecular weight is 314 g/mol. The molecule has 1 aromatic rings. The minimum Gasteiger partial charge on any atom is -0.492 e. The van der Waals surface area contributed by atoms with Crippen molar-refractivity contribution < 1.29 is 24.2 Å². The van der Waals surface area contributed by atoms with Crippen LogP contribution in [0.15, 0.2) is 18.2 Å². The fourth-order valence-corrected chi connectivity index (χ4v) is 2.34. The molecule has 2 atom stereocenters. The van der Waals surface area contributed by atoms with Gasteiger partial charge in [0, 0.05) is 12.1 Å². The third-order valence-corrected chi connectivity index (χ3v) is 3.56. The normalized spacial score (nSPS) is 18.3. The van der Waals surface area contributed by atoms with Gasteiger partial charge in [-0.05, 0) is 30.2 Å². The largest absolute Gasteiger partial charge is 0.492 e. The first kappa shape index (κ1) is 15.6. The maximum atomic E-state index is 12.1. The van der Waals surface area contributed by atoms with Crippen LogP contribution in [0.2, 0.25) is 5.02 Å². The number of carboxylic acids is 1. The topological polar surface area (TPSA) is 84.9 Å². The van der Waals surface area contributed by atoms with Crippen LogP contribution in [0.4, 0.5) is 0 Å². The maximum absolute atomic E-state index is 12.1. The zero-order chi connectivity index (χ0) is 15.4. The van der Waals surface area contributed by atoms with Crippen LogP contribution < -0.4 is 10.1 Å². The second kappa shape index (κ2) is 6.78. The summed E-state index contributed by atoms with van der Waals surface area (Å²) < 4.78 is 10.3. The van der Waals surface area contributed by atoms with E-state index in [0.29, 0.717) is 11.4 Å². The number of hydrogen-bond acceptors (Lipinski definition) is 4. The quantitative estimate of drug-likeness (QED) is 0.850. The number of ether oxygens (including phenoxy) is 2. The van der Waals surface area contributed by atoms with Crippen LogP contribution in [0.1, 0.15) is 5.56 Å². The molecule has 1 aliphatic rings. The van der Waals surface area contributed by atoms with Gasteiger partial charge < -0.3 is 19.9 Å². The van der Waals surface area contributed by atoms with Gasteiger partial charge in [-0.2, -0.15) is 0 Å². The third kappa shape index (κ3) is 3.86. The van der Waals surface area contributed by atoms with E-state index in [0.717, 1.165) is 11.3 Å². The fourth-order valence-electron chi connectivity index (χ4n) is 2.14. The van der Waals surface area contributed by atoms with Crippen molar-refractivity contribution in [1.82, 2.24) is 5.32 Å². The van der Waals surface area contributed by atoms with E-state index in [4.69, 9.17) is 26.2 Å². The standard InChI is InChI=1S/C14H16ClNO5/c1-20-12(14(18)19)6-16-13(17)9-4-8-5-10(15)2-3-11(8)21-7-9/h2-3,5,9,12H,4,6-7H2,1H3,(H,16,17)(H,18,19). The summed E-state index contributed by atoms with van der Waals surface area (Å²) in [7, 11) is 1.28. The number of halogens is 1. The molecule has 0 saturated heterocycles. The van der Waals surface area contributed by atoms with E-state index in [1.54, 1.807) is 18.2 Å². The minimum absolute atomic E-state index is 0.0798. The van der Waals surface area contributed by atoms with Crippen molar-refractivity contribution in [3.8, 4) is 5.75 Å². The van der Waals surface area contributed by atoms with Crippen molar-refractivity contribution in [2.75, 3.05) is 20.3 Å². The zero-order valence-electron chi connectivity index (χ0n) is 11.5. The molecule has 2 unspecified atom stereocenters. The Labute approximate surface area is 127 Å². The molecule has 0 bridgehead atoms. The molecule has 2 N–H and O–H groups in total. The van der Waals surface area contributed by atoms with Gasteiger partial charge in [0.1, 0.15) is 12.4 Å². The summed E-state index contributed by atoms with van der Waals surface area (Å²) in [5.74, 6) is -1.02. The van der Waals surface area contributed by atoms with Crippen LogP contribution in [0.5, 0.6) is 5.75 Å².